The number of hydrogen-bond donors (Lipinski definition) is 0. The smallest absolute Gasteiger partial charge is 0.292 e. The summed E-state index contributed by atoms with van der Waals surface area (Å²) in [6, 6.07) is 4.96. The van der Waals surface area contributed by atoms with Gasteiger partial charge in [0.2, 0.25) is 0 Å². The van der Waals surface area contributed by atoms with Gasteiger partial charge >= 0.3 is 0 Å². The van der Waals surface area contributed by atoms with E-state index in [0.717, 1.165) is 4.47 Å². The van der Waals surface area contributed by atoms with Crippen molar-refractivity contribution in [2.75, 3.05) is 38.3 Å². The Morgan fingerprint density at radius 1 is 1.63 bits per heavy atom. The maximum Gasteiger partial charge on any atom is 0.292 e. The Labute approximate surface area is 119 Å². The number of hydrogen-bond acceptors (Lipinski definition) is 5. The summed E-state index contributed by atoms with van der Waals surface area (Å²) in [5.41, 5.74) is 0.727. The zero-order valence-electron chi connectivity index (χ0n) is 10.5. The quantitative estimate of drug-likeness (QED) is 0.625. The van der Waals surface area contributed by atoms with Gasteiger partial charge in [-0.05, 0) is 12.1 Å². The fraction of sp³-hybridized carbons (Fsp3) is 0.500. The lowest BCUT2D eigenvalue weighted by atomic mass is 10.2. The maximum absolute atomic E-state index is 11.1. The van der Waals surface area contributed by atoms with Gasteiger partial charge in [-0.25, -0.2) is 0 Å². The number of rotatable bonds is 4. The monoisotopic (exact) mass is 330 g/mol. The number of ether oxygens (including phenoxy) is 2. The van der Waals surface area contributed by atoms with Gasteiger partial charge in [0, 0.05) is 30.7 Å². The second kappa shape index (κ2) is 6.31. The second-order valence-corrected chi connectivity index (χ2v) is 5.20. The third kappa shape index (κ3) is 3.43. The van der Waals surface area contributed by atoms with E-state index in [2.05, 4.69) is 15.9 Å². The molecule has 7 heteroatoms. The van der Waals surface area contributed by atoms with E-state index >= 15 is 0 Å². The minimum atomic E-state index is -0.359. The summed E-state index contributed by atoms with van der Waals surface area (Å²) in [5.74, 6) is 0. The molecule has 1 fully saturated rings. The van der Waals surface area contributed by atoms with Crippen LogP contribution in [0.1, 0.15) is 0 Å². The van der Waals surface area contributed by atoms with Crippen LogP contribution in [0.2, 0.25) is 0 Å². The van der Waals surface area contributed by atoms with Crippen LogP contribution in [-0.2, 0) is 9.47 Å². The molecule has 104 valence electrons. The first-order valence-electron chi connectivity index (χ1n) is 5.91. The first kappa shape index (κ1) is 14.2. The van der Waals surface area contributed by atoms with Crippen LogP contribution in [0.25, 0.3) is 0 Å². The van der Waals surface area contributed by atoms with E-state index < -0.39 is 0 Å². The van der Waals surface area contributed by atoms with Crippen LogP contribution in [0.4, 0.5) is 11.4 Å². The zero-order valence-corrected chi connectivity index (χ0v) is 12.1. The Bertz CT molecular complexity index is 467. The maximum atomic E-state index is 11.1. The van der Waals surface area contributed by atoms with Crippen molar-refractivity contribution in [2.24, 2.45) is 0 Å². The number of methoxy groups -OCH3 is 1. The van der Waals surface area contributed by atoms with Crippen molar-refractivity contribution in [1.82, 2.24) is 0 Å². The normalized spacial score (nSPS) is 19.5. The van der Waals surface area contributed by atoms with E-state index in [1.807, 2.05) is 4.90 Å². The summed E-state index contributed by atoms with van der Waals surface area (Å²) < 4.78 is 11.4. The van der Waals surface area contributed by atoms with Crippen LogP contribution in [0.3, 0.4) is 0 Å². The number of anilines is 1. The Kier molecular flexibility index (Phi) is 4.73. The van der Waals surface area contributed by atoms with E-state index in [0.29, 0.717) is 32.0 Å². The number of nitro groups is 1. The highest BCUT2D eigenvalue weighted by Crippen LogP contribution is 2.32. The molecule has 0 unspecified atom stereocenters. The summed E-state index contributed by atoms with van der Waals surface area (Å²) in [5, 5.41) is 11.1. The molecule has 1 saturated heterocycles. The highest BCUT2D eigenvalue weighted by Gasteiger charge is 2.26. The number of nitrogens with zero attached hydrogens (tertiary/aromatic N) is 2. The molecule has 19 heavy (non-hydrogen) atoms. The van der Waals surface area contributed by atoms with Gasteiger partial charge in [-0.3, -0.25) is 10.1 Å². The van der Waals surface area contributed by atoms with Crippen molar-refractivity contribution in [3.63, 3.8) is 0 Å². The lowest BCUT2D eigenvalue weighted by Gasteiger charge is -2.33. The SMILES string of the molecule is COC[C@H]1CN(c2cc(Br)ccc2[N+](=O)[O-])CCO1. The van der Waals surface area contributed by atoms with Crippen molar-refractivity contribution >= 4 is 27.3 Å². The van der Waals surface area contributed by atoms with Gasteiger partial charge in [-0.2, -0.15) is 0 Å². The third-order valence-electron chi connectivity index (χ3n) is 2.97. The van der Waals surface area contributed by atoms with Crippen molar-refractivity contribution < 1.29 is 14.4 Å². The van der Waals surface area contributed by atoms with Gasteiger partial charge in [-0.15, -0.1) is 0 Å². The van der Waals surface area contributed by atoms with Crippen molar-refractivity contribution in [1.29, 1.82) is 0 Å². The zero-order chi connectivity index (χ0) is 13.8. The van der Waals surface area contributed by atoms with Crippen LogP contribution >= 0.6 is 15.9 Å². The molecule has 1 aliphatic rings. The Morgan fingerprint density at radius 3 is 3.11 bits per heavy atom. The molecule has 1 aromatic carbocycles. The summed E-state index contributed by atoms with van der Waals surface area (Å²) >= 11 is 3.35. The van der Waals surface area contributed by atoms with E-state index in [-0.39, 0.29) is 16.7 Å². The first-order chi connectivity index (χ1) is 9.11. The lowest BCUT2D eigenvalue weighted by molar-refractivity contribution is -0.384. The molecule has 0 bridgehead atoms. The molecule has 6 nitrogen and oxygen atoms in total. The minimum Gasteiger partial charge on any atom is -0.382 e. The van der Waals surface area contributed by atoms with Gasteiger partial charge in [0.25, 0.3) is 5.69 Å². The molecular formula is C12H15BrN2O4. The van der Waals surface area contributed by atoms with Crippen LogP contribution in [0.5, 0.6) is 0 Å². The molecule has 1 heterocycles. The molecule has 2 rings (SSSR count). The minimum absolute atomic E-state index is 0.0580. The van der Waals surface area contributed by atoms with Gasteiger partial charge in [0.1, 0.15) is 5.69 Å². The number of morpholine rings is 1. The average Bonchev–Trinajstić information content (AvgIpc) is 2.39. The lowest BCUT2D eigenvalue weighted by Crippen LogP contribution is -2.44. The van der Waals surface area contributed by atoms with Crippen molar-refractivity contribution in [3.05, 3.63) is 32.8 Å². The topological polar surface area (TPSA) is 64.8 Å². The fourth-order valence-electron chi connectivity index (χ4n) is 2.13. The predicted molar refractivity (Wildman–Crippen MR) is 74.6 cm³/mol. The molecule has 0 spiro atoms. The third-order valence-corrected chi connectivity index (χ3v) is 3.46. The molecule has 1 aliphatic heterocycles. The molecule has 1 atom stereocenters. The Balaban J connectivity index is 2.24. The Morgan fingerprint density at radius 2 is 2.42 bits per heavy atom. The van der Waals surface area contributed by atoms with Gasteiger partial charge in [0.15, 0.2) is 0 Å². The van der Waals surface area contributed by atoms with Crippen LogP contribution in [0, 0.1) is 10.1 Å². The van der Waals surface area contributed by atoms with E-state index in [1.54, 1.807) is 19.2 Å². The highest BCUT2D eigenvalue weighted by atomic mass is 79.9. The predicted octanol–water partition coefficient (Wildman–Crippen LogP) is 2.21. The molecule has 0 amide bonds. The van der Waals surface area contributed by atoms with E-state index in [4.69, 9.17) is 9.47 Å². The van der Waals surface area contributed by atoms with Crippen molar-refractivity contribution in [2.45, 2.75) is 6.10 Å². The van der Waals surface area contributed by atoms with E-state index in [1.165, 1.54) is 6.07 Å². The molecule has 1 aromatic rings. The molecule has 0 aliphatic carbocycles. The average molecular weight is 331 g/mol. The molecular weight excluding hydrogens is 316 g/mol. The van der Waals surface area contributed by atoms with Crippen LogP contribution in [0.15, 0.2) is 22.7 Å². The van der Waals surface area contributed by atoms with E-state index in [9.17, 15) is 10.1 Å². The number of benzene rings is 1. The molecule has 0 radical (unpaired) electrons. The van der Waals surface area contributed by atoms with Gasteiger partial charge < -0.3 is 14.4 Å². The van der Waals surface area contributed by atoms with Crippen LogP contribution < -0.4 is 4.90 Å². The summed E-state index contributed by atoms with van der Waals surface area (Å²) in [6.07, 6.45) is -0.0580. The number of halogens is 1. The molecule has 0 saturated carbocycles. The van der Waals surface area contributed by atoms with Crippen LogP contribution in [-0.4, -0.2) is 44.4 Å². The first-order valence-corrected chi connectivity index (χ1v) is 6.70. The standard InChI is InChI=1S/C12H15BrN2O4/c1-18-8-10-7-14(4-5-19-10)12-6-9(13)2-3-11(12)15(16)17/h2-3,6,10H,4-5,7-8H2,1H3/t10-/m1/s1. The molecule has 0 aromatic heterocycles. The van der Waals surface area contributed by atoms with Gasteiger partial charge in [-0.1, -0.05) is 15.9 Å². The summed E-state index contributed by atoms with van der Waals surface area (Å²) in [4.78, 5) is 12.7. The molecule has 0 N–H and O–H groups in total. The van der Waals surface area contributed by atoms with Gasteiger partial charge in [0.05, 0.1) is 24.2 Å². The number of nitro benzene ring substituents is 1. The Hall–Kier alpha value is -1.18. The second-order valence-electron chi connectivity index (χ2n) is 4.28. The van der Waals surface area contributed by atoms with Crippen molar-refractivity contribution in [3.8, 4) is 0 Å². The summed E-state index contributed by atoms with van der Waals surface area (Å²) in [6.45, 7) is 2.25. The largest absolute Gasteiger partial charge is 0.382 e. The fourth-order valence-corrected chi connectivity index (χ4v) is 2.48. The summed E-state index contributed by atoms with van der Waals surface area (Å²) in [7, 11) is 1.61. The highest BCUT2D eigenvalue weighted by molar-refractivity contribution is 9.10.